The van der Waals surface area contributed by atoms with Crippen LogP contribution >= 0.6 is 23.4 Å². The topological polar surface area (TPSA) is 32.8 Å². The lowest BCUT2D eigenvalue weighted by Gasteiger charge is -2.34. The Morgan fingerprint density at radius 3 is 2.50 bits per heavy atom. The molecule has 4 nitrogen and oxygen atoms in total. The van der Waals surface area contributed by atoms with Gasteiger partial charge in [0.25, 0.3) is 0 Å². The number of carbonyl (C=O) groups is 1. The number of hydrogen-bond donors (Lipinski definition) is 0. The summed E-state index contributed by atoms with van der Waals surface area (Å²) in [4.78, 5) is 18.4. The molecule has 2 heterocycles. The molecule has 2 aromatic rings. The Kier molecular flexibility index (Phi) is 7.16. The van der Waals surface area contributed by atoms with E-state index in [4.69, 9.17) is 16.3 Å². The van der Waals surface area contributed by atoms with Crippen LogP contribution in [0, 0.1) is 0 Å². The smallest absolute Gasteiger partial charge is 0.302 e. The van der Waals surface area contributed by atoms with Crippen LogP contribution in [0.25, 0.3) is 5.57 Å². The van der Waals surface area contributed by atoms with E-state index in [1.54, 1.807) is 0 Å². The van der Waals surface area contributed by atoms with E-state index in [1.807, 2.05) is 17.8 Å². The standard InChI is InChI=1S/C24H27ClN2O2S/c1-18(28)29-16-15-27-13-11-26(12-14-27)10-4-6-20-21-5-2-3-7-23(21)30-24-9-8-19(25)17-22(20)24/h2-3,5-9,17H,4,10-16H2,1H3. The van der Waals surface area contributed by atoms with Crippen LogP contribution in [0.2, 0.25) is 5.02 Å². The van der Waals surface area contributed by atoms with Crippen molar-refractivity contribution in [2.45, 2.75) is 23.1 Å². The minimum absolute atomic E-state index is 0.202. The van der Waals surface area contributed by atoms with Gasteiger partial charge in [0.15, 0.2) is 0 Å². The molecule has 1 saturated heterocycles. The quantitative estimate of drug-likeness (QED) is 0.512. The molecule has 0 amide bonds. The Morgan fingerprint density at radius 1 is 1.03 bits per heavy atom. The van der Waals surface area contributed by atoms with Crippen molar-refractivity contribution < 1.29 is 9.53 Å². The molecule has 4 rings (SSSR count). The Labute approximate surface area is 187 Å². The van der Waals surface area contributed by atoms with Crippen molar-refractivity contribution in [2.75, 3.05) is 45.9 Å². The molecule has 2 aliphatic heterocycles. The van der Waals surface area contributed by atoms with Crippen molar-refractivity contribution in [3.05, 3.63) is 64.7 Å². The lowest BCUT2D eigenvalue weighted by Crippen LogP contribution is -2.47. The number of halogens is 1. The zero-order chi connectivity index (χ0) is 20.9. The summed E-state index contributed by atoms with van der Waals surface area (Å²) < 4.78 is 5.06. The van der Waals surface area contributed by atoms with E-state index in [0.717, 1.165) is 50.7 Å². The van der Waals surface area contributed by atoms with Crippen molar-refractivity contribution in [1.29, 1.82) is 0 Å². The fourth-order valence-electron chi connectivity index (χ4n) is 4.01. The SMILES string of the molecule is CC(=O)OCCN1CCN(CCC=C2c3ccccc3Sc3ccc(Cl)cc32)CC1. The lowest BCUT2D eigenvalue weighted by atomic mass is 9.96. The van der Waals surface area contributed by atoms with Crippen LogP contribution in [0.1, 0.15) is 24.5 Å². The number of benzene rings is 2. The molecule has 1 fully saturated rings. The number of carbonyl (C=O) groups excluding carboxylic acids is 1. The Hall–Kier alpha value is -1.79. The first-order valence-electron chi connectivity index (χ1n) is 10.5. The largest absolute Gasteiger partial charge is 0.465 e. The van der Waals surface area contributed by atoms with Gasteiger partial charge >= 0.3 is 5.97 Å². The summed E-state index contributed by atoms with van der Waals surface area (Å²) >= 11 is 8.13. The minimum atomic E-state index is -0.202. The van der Waals surface area contributed by atoms with E-state index < -0.39 is 0 Å². The number of esters is 1. The van der Waals surface area contributed by atoms with Crippen molar-refractivity contribution >= 4 is 34.9 Å². The molecule has 30 heavy (non-hydrogen) atoms. The molecular weight excluding hydrogens is 416 g/mol. The highest BCUT2D eigenvalue weighted by Gasteiger charge is 2.21. The molecule has 0 aliphatic carbocycles. The van der Waals surface area contributed by atoms with Gasteiger partial charge in [-0.05, 0) is 47.4 Å². The normalized spacial score (nSPS) is 18.1. The van der Waals surface area contributed by atoms with Crippen molar-refractivity contribution in [2.24, 2.45) is 0 Å². The molecule has 2 aromatic carbocycles. The highest BCUT2D eigenvalue weighted by Crippen LogP contribution is 2.46. The van der Waals surface area contributed by atoms with Gasteiger partial charge in [0.05, 0.1) is 0 Å². The first-order valence-corrected chi connectivity index (χ1v) is 11.6. The average molecular weight is 443 g/mol. The van der Waals surface area contributed by atoms with E-state index in [2.05, 4.69) is 52.3 Å². The van der Waals surface area contributed by atoms with Crippen molar-refractivity contribution in [3.63, 3.8) is 0 Å². The van der Waals surface area contributed by atoms with Crippen LogP contribution in [-0.4, -0.2) is 61.6 Å². The van der Waals surface area contributed by atoms with Crippen LogP contribution in [0.4, 0.5) is 0 Å². The minimum Gasteiger partial charge on any atom is -0.465 e. The Balaban J connectivity index is 1.37. The summed E-state index contributed by atoms with van der Waals surface area (Å²) in [5.41, 5.74) is 3.83. The van der Waals surface area contributed by atoms with E-state index in [0.29, 0.717) is 6.61 Å². The maximum absolute atomic E-state index is 10.9. The monoisotopic (exact) mass is 442 g/mol. The summed E-state index contributed by atoms with van der Waals surface area (Å²) in [6.45, 7) is 7.97. The lowest BCUT2D eigenvalue weighted by molar-refractivity contribution is -0.141. The van der Waals surface area contributed by atoms with Gasteiger partial charge in [0.2, 0.25) is 0 Å². The van der Waals surface area contributed by atoms with Crippen molar-refractivity contribution in [3.8, 4) is 0 Å². The number of nitrogens with zero attached hydrogens (tertiary/aromatic N) is 2. The molecule has 0 atom stereocenters. The second kappa shape index (κ2) is 10.0. The predicted molar refractivity (Wildman–Crippen MR) is 123 cm³/mol. The summed E-state index contributed by atoms with van der Waals surface area (Å²) in [6.07, 6.45) is 3.38. The van der Waals surface area contributed by atoms with Crippen LogP contribution in [0.15, 0.2) is 58.3 Å². The molecule has 2 aliphatic rings. The zero-order valence-electron chi connectivity index (χ0n) is 17.3. The van der Waals surface area contributed by atoms with Gasteiger partial charge in [-0.25, -0.2) is 0 Å². The fraction of sp³-hybridized carbons (Fsp3) is 0.375. The number of ether oxygens (including phenoxy) is 1. The highest BCUT2D eigenvalue weighted by atomic mass is 35.5. The van der Waals surface area contributed by atoms with Gasteiger partial charge in [0, 0.05) is 61.0 Å². The number of rotatable bonds is 6. The summed E-state index contributed by atoms with van der Waals surface area (Å²) in [6, 6.07) is 14.8. The van der Waals surface area contributed by atoms with Gasteiger partial charge < -0.3 is 9.64 Å². The molecule has 0 bridgehead atoms. The van der Waals surface area contributed by atoms with Gasteiger partial charge in [-0.2, -0.15) is 0 Å². The Bertz CT molecular complexity index is 939. The molecule has 0 N–H and O–H groups in total. The Morgan fingerprint density at radius 2 is 1.73 bits per heavy atom. The summed E-state index contributed by atoms with van der Waals surface area (Å²) in [7, 11) is 0. The van der Waals surface area contributed by atoms with E-state index in [-0.39, 0.29) is 5.97 Å². The summed E-state index contributed by atoms with van der Waals surface area (Å²) in [5.74, 6) is -0.202. The summed E-state index contributed by atoms with van der Waals surface area (Å²) in [5, 5.41) is 0.782. The van der Waals surface area contributed by atoms with Crippen molar-refractivity contribution in [1.82, 2.24) is 9.80 Å². The van der Waals surface area contributed by atoms with Gasteiger partial charge in [-0.15, -0.1) is 0 Å². The molecule has 0 aromatic heterocycles. The third-order valence-electron chi connectivity index (χ3n) is 5.60. The van der Waals surface area contributed by atoms with Gasteiger partial charge in [0.1, 0.15) is 6.61 Å². The van der Waals surface area contributed by atoms with E-state index in [9.17, 15) is 4.79 Å². The number of fused-ring (bicyclic) bond motifs is 2. The predicted octanol–water partition coefficient (Wildman–Crippen LogP) is 4.81. The van der Waals surface area contributed by atoms with E-state index in [1.165, 1.54) is 33.4 Å². The molecular formula is C24H27ClN2O2S. The maximum Gasteiger partial charge on any atom is 0.302 e. The van der Waals surface area contributed by atoms with Crippen LogP contribution in [0.5, 0.6) is 0 Å². The zero-order valence-corrected chi connectivity index (χ0v) is 18.8. The average Bonchev–Trinajstić information content (AvgIpc) is 2.74. The first kappa shape index (κ1) is 21.4. The third-order valence-corrected chi connectivity index (χ3v) is 6.99. The van der Waals surface area contributed by atoms with Gasteiger partial charge in [-0.3, -0.25) is 9.69 Å². The molecule has 0 unspecified atom stereocenters. The first-order chi connectivity index (χ1) is 14.6. The fourth-order valence-corrected chi connectivity index (χ4v) is 5.27. The van der Waals surface area contributed by atoms with Crippen LogP contribution < -0.4 is 0 Å². The maximum atomic E-state index is 10.9. The number of piperazine rings is 1. The molecule has 6 heteroatoms. The second-order valence-corrected chi connectivity index (χ2v) is 9.19. The van der Waals surface area contributed by atoms with Crippen LogP contribution in [0.3, 0.4) is 0 Å². The second-order valence-electron chi connectivity index (χ2n) is 7.67. The molecule has 0 radical (unpaired) electrons. The van der Waals surface area contributed by atoms with Gasteiger partial charge in [-0.1, -0.05) is 47.6 Å². The molecule has 0 saturated carbocycles. The highest BCUT2D eigenvalue weighted by molar-refractivity contribution is 7.99. The third kappa shape index (κ3) is 5.27. The van der Waals surface area contributed by atoms with Crippen LogP contribution in [-0.2, 0) is 9.53 Å². The molecule has 158 valence electrons. The van der Waals surface area contributed by atoms with E-state index >= 15 is 0 Å². The number of hydrogen-bond acceptors (Lipinski definition) is 5. The molecule has 0 spiro atoms.